The van der Waals surface area contributed by atoms with Crippen molar-refractivity contribution in [3.63, 3.8) is 0 Å². The van der Waals surface area contributed by atoms with E-state index in [9.17, 15) is 27.6 Å². The highest BCUT2D eigenvalue weighted by Gasteiger charge is 2.34. The molecule has 168 valence electrons. The highest BCUT2D eigenvalue weighted by molar-refractivity contribution is 6.03. The third kappa shape index (κ3) is 4.63. The number of amides is 1. The normalized spacial score (nSPS) is 12.6. The Kier molecular flexibility index (Phi) is 6.33. The summed E-state index contributed by atoms with van der Waals surface area (Å²) in [5, 5.41) is 6.72. The molecular formula is C22H20F3N3O4. The number of esters is 1. The monoisotopic (exact) mass is 447 g/mol. The zero-order valence-corrected chi connectivity index (χ0v) is 17.4. The molecule has 0 bridgehead atoms. The number of fused-ring (bicyclic) bond motifs is 1. The molecule has 1 heterocycles. The number of carbonyl (C=O) groups excluding carboxylic acids is 2. The molecule has 32 heavy (non-hydrogen) atoms. The Labute approximate surface area is 180 Å². The van der Waals surface area contributed by atoms with Crippen molar-refractivity contribution in [3.8, 4) is 0 Å². The Morgan fingerprint density at radius 1 is 1.00 bits per heavy atom. The highest BCUT2D eigenvalue weighted by atomic mass is 19.4. The second kappa shape index (κ2) is 8.81. The lowest BCUT2D eigenvalue weighted by Crippen LogP contribution is -2.32. The molecule has 0 saturated heterocycles. The number of nitrogens with zero attached hydrogens (tertiary/aromatic N) is 2. The predicted octanol–water partition coefficient (Wildman–Crippen LogP) is 4.18. The molecule has 0 fully saturated rings. The van der Waals surface area contributed by atoms with Crippen molar-refractivity contribution < 1.29 is 27.5 Å². The van der Waals surface area contributed by atoms with Crippen molar-refractivity contribution in [1.29, 1.82) is 0 Å². The molecular weight excluding hydrogens is 427 g/mol. The summed E-state index contributed by atoms with van der Waals surface area (Å²) >= 11 is 0. The number of ether oxygens (including phenoxy) is 1. The Bertz CT molecular complexity index is 1240. The predicted molar refractivity (Wildman–Crippen MR) is 111 cm³/mol. The van der Waals surface area contributed by atoms with E-state index in [1.54, 1.807) is 32.0 Å². The number of halogens is 3. The molecule has 7 nitrogen and oxygen atoms in total. The minimum atomic E-state index is -4.67. The van der Waals surface area contributed by atoms with Crippen LogP contribution < -0.4 is 10.9 Å². The number of para-hydroxylation sites is 1. The zero-order chi connectivity index (χ0) is 23.6. The van der Waals surface area contributed by atoms with Crippen molar-refractivity contribution in [2.45, 2.75) is 39.1 Å². The summed E-state index contributed by atoms with van der Waals surface area (Å²) in [5.74, 6) is -1.93. The van der Waals surface area contributed by atoms with E-state index in [4.69, 9.17) is 4.74 Å². The van der Waals surface area contributed by atoms with Gasteiger partial charge in [0.1, 0.15) is 0 Å². The van der Waals surface area contributed by atoms with Crippen molar-refractivity contribution in [1.82, 2.24) is 9.78 Å². The van der Waals surface area contributed by atoms with Gasteiger partial charge in [-0.25, -0.2) is 9.48 Å². The van der Waals surface area contributed by atoms with Crippen LogP contribution in [0.5, 0.6) is 0 Å². The molecule has 2 aromatic carbocycles. The first kappa shape index (κ1) is 23.0. The first-order chi connectivity index (χ1) is 15.0. The maximum Gasteiger partial charge on any atom is 0.418 e. The second-order valence-electron chi connectivity index (χ2n) is 7.32. The number of carbonyl (C=O) groups is 2. The van der Waals surface area contributed by atoms with E-state index in [1.807, 2.05) is 0 Å². The Balaban J connectivity index is 1.87. The molecule has 1 unspecified atom stereocenters. The summed E-state index contributed by atoms with van der Waals surface area (Å²) in [5.41, 5.74) is -2.04. The summed E-state index contributed by atoms with van der Waals surface area (Å²) < 4.78 is 45.7. The number of benzene rings is 2. The molecule has 0 aliphatic carbocycles. The molecule has 1 N–H and O–H groups in total. The number of aromatic nitrogens is 2. The third-order valence-electron chi connectivity index (χ3n) is 4.65. The average Bonchev–Trinajstić information content (AvgIpc) is 2.73. The maximum atomic E-state index is 13.1. The van der Waals surface area contributed by atoms with Gasteiger partial charge in [-0.15, -0.1) is 0 Å². The Morgan fingerprint density at radius 3 is 2.22 bits per heavy atom. The van der Waals surface area contributed by atoms with Crippen LogP contribution in [0.1, 0.15) is 42.9 Å². The van der Waals surface area contributed by atoms with Crippen molar-refractivity contribution in [3.05, 3.63) is 70.1 Å². The van der Waals surface area contributed by atoms with Gasteiger partial charge in [-0.1, -0.05) is 30.3 Å². The summed E-state index contributed by atoms with van der Waals surface area (Å²) in [6.45, 7) is 4.66. The minimum absolute atomic E-state index is 0.177. The van der Waals surface area contributed by atoms with Crippen LogP contribution in [-0.2, 0) is 15.7 Å². The van der Waals surface area contributed by atoms with E-state index in [0.717, 1.165) is 16.8 Å². The zero-order valence-electron chi connectivity index (χ0n) is 17.4. The minimum Gasteiger partial charge on any atom is -0.448 e. The van der Waals surface area contributed by atoms with Gasteiger partial charge in [0.2, 0.25) is 0 Å². The summed E-state index contributed by atoms with van der Waals surface area (Å²) in [6, 6.07) is 10.4. The quantitative estimate of drug-likeness (QED) is 0.593. The lowest BCUT2D eigenvalue weighted by Gasteiger charge is -2.17. The van der Waals surface area contributed by atoms with Crippen LogP contribution in [-0.4, -0.2) is 27.8 Å². The van der Waals surface area contributed by atoms with Gasteiger partial charge in [0.05, 0.1) is 22.7 Å². The average molecular weight is 447 g/mol. The van der Waals surface area contributed by atoms with Gasteiger partial charge < -0.3 is 10.1 Å². The maximum absolute atomic E-state index is 13.1. The number of anilines is 1. The number of nitrogens with one attached hydrogen (secondary N) is 1. The summed E-state index contributed by atoms with van der Waals surface area (Å²) in [6.07, 6.45) is -6.10. The molecule has 1 aromatic heterocycles. The van der Waals surface area contributed by atoms with Crippen molar-refractivity contribution >= 4 is 28.3 Å². The van der Waals surface area contributed by atoms with Crippen LogP contribution in [0.4, 0.5) is 18.9 Å². The molecule has 0 aliphatic heterocycles. The number of rotatable bonds is 5. The SMILES string of the molecule is CC(OC(=O)c1nn(C(C)C)c(=O)c2ccccc12)C(=O)Nc1ccccc1C(F)(F)F. The fraction of sp³-hybridized carbons (Fsp3) is 0.273. The van der Waals surface area contributed by atoms with Gasteiger partial charge >= 0.3 is 12.1 Å². The number of hydrogen-bond donors (Lipinski definition) is 1. The molecule has 3 rings (SSSR count). The van der Waals surface area contributed by atoms with Gasteiger partial charge in [-0.2, -0.15) is 18.3 Å². The molecule has 0 saturated carbocycles. The number of hydrogen-bond acceptors (Lipinski definition) is 5. The molecule has 1 amide bonds. The molecule has 0 spiro atoms. The lowest BCUT2D eigenvalue weighted by molar-refractivity contribution is -0.137. The fourth-order valence-electron chi connectivity index (χ4n) is 3.05. The topological polar surface area (TPSA) is 90.3 Å². The van der Waals surface area contributed by atoms with Crippen LogP contribution in [0.15, 0.2) is 53.3 Å². The summed E-state index contributed by atoms with van der Waals surface area (Å²) in [4.78, 5) is 37.8. The van der Waals surface area contributed by atoms with Gasteiger partial charge in [-0.3, -0.25) is 9.59 Å². The van der Waals surface area contributed by atoms with E-state index < -0.39 is 35.4 Å². The smallest absolute Gasteiger partial charge is 0.418 e. The molecule has 3 aromatic rings. The Morgan fingerprint density at radius 2 is 1.59 bits per heavy atom. The molecule has 0 aliphatic rings. The van der Waals surface area contributed by atoms with E-state index in [2.05, 4.69) is 10.4 Å². The molecule has 10 heteroatoms. The van der Waals surface area contributed by atoms with E-state index in [0.29, 0.717) is 0 Å². The van der Waals surface area contributed by atoms with Gasteiger partial charge in [0.25, 0.3) is 11.5 Å². The number of alkyl halides is 3. The van der Waals surface area contributed by atoms with Crippen LogP contribution in [0.2, 0.25) is 0 Å². The largest absolute Gasteiger partial charge is 0.448 e. The van der Waals surface area contributed by atoms with E-state index in [-0.39, 0.29) is 28.1 Å². The second-order valence-corrected chi connectivity index (χ2v) is 7.32. The van der Waals surface area contributed by atoms with E-state index in [1.165, 1.54) is 25.1 Å². The van der Waals surface area contributed by atoms with Crippen molar-refractivity contribution in [2.75, 3.05) is 5.32 Å². The van der Waals surface area contributed by atoms with E-state index >= 15 is 0 Å². The first-order valence-corrected chi connectivity index (χ1v) is 9.70. The standard InChI is InChI=1S/C22H20F3N3O4/c1-12(2)28-20(30)15-9-5-4-8-14(15)18(27-28)21(31)32-13(3)19(29)26-17-11-7-6-10-16(17)22(23,24)25/h4-13H,1-3H3,(H,26,29). The third-order valence-corrected chi connectivity index (χ3v) is 4.65. The van der Waals surface area contributed by atoms with Crippen LogP contribution in [0.25, 0.3) is 10.8 Å². The van der Waals surface area contributed by atoms with Gasteiger partial charge in [-0.05, 0) is 39.0 Å². The fourth-order valence-corrected chi connectivity index (χ4v) is 3.05. The van der Waals surface area contributed by atoms with Gasteiger partial charge in [0.15, 0.2) is 11.8 Å². The van der Waals surface area contributed by atoms with Crippen LogP contribution in [0.3, 0.4) is 0 Å². The highest BCUT2D eigenvalue weighted by Crippen LogP contribution is 2.34. The summed E-state index contributed by atoms with van der Waals surface area (Å²) in [7, 11) is 0. The van der Waals surface area contributed by atoms with Crippen LogP contribution in [0, 0.1) is 0 Å². The molecule has 1 atom stereocenters. The van der Waals surface area contributed by atoms with Gasteiger partial charge in [0, 0.05) is 5.39 Å². The molecule has 0 radical (unpaired) electrons. The first-order valence-electron chi connectivity index (χ1n) is 9.70. The Hall–Kier alpha value is -3.69. The van der Waals surface area contributed by atoms with Crippen LogP contribution >= 0.6 is 0 Å². The lowest BCUT2D eigenvalue weighted by atomic mass is 10.1. The van der Waals surface area contributed by atoms with Crippen molar-refractivity contribution in [2.24, 2.45) is 0 Å².